The maximum Gasteiger partial charge on any atom is 0.264 e. The normalized spacial score (nSPS) is 10.9. The molecule has 0 unspecified atom stereocenters. The summed E-state index contributed by atoms with van der Waals surface area (Å²) < 4.78 is 5.11. The molecule has 0 spiro atoms. The number of aromatic amines is 1. The first-order valence-electron chi connectivity index (χ1n) is 8.17. The Bertz CT molecular complexity index is 969. The van der Waals surface area contributed by atoms with Crippen molar-refractivity contribution in [1.29, 1.82) is 0 Å². The molecule has 0 saturated carbocycles. The van der Waals surface area contributed by atoms with Crippen molar-refractivity contribution < 1.29 is 9.32 Å². The smallest absolute Gasteiger partial charge is 0.264 e. The largest absolute Gasteiger partial charge is 0.361 e. The standard InChI is InChI=1S/C17H19N5O3S/c1-9-12(10(2)25-22-9)5-4-6-18-16(23)13-7-19-15(21-17(13)24)14-8-26-11(3)20-14/h7-8H,4-6H2,1-3H3,(H,18,23)(H,19,21,24). The Hall–Kier alpha value is -2.81. The average Bonchev–Trinajstić information content (AvgIpc) is 3.18. The third-order valence-electron chi connectivity index (χ3n) is 3.98. The van der Waals surface area contributed by atoms with Crippen LogP contribution in [0.1, 0.15) is 38.8 Å². The number of amides is 1. The van der Waals surface area contributed by atoms with Crippen molar-refractivity contribution in [2.45, 2.75) is 33.6 Å². The molecule has 3 aromatic heterocycles. The van der Waals surface area contributed by atoms with Crippen LogP contribution in [0.4, 0.5) is 0 Å². The van der Waals surface area contributed by atoms with Gasteiger partial charge in [0.25, 0.3) is 11.5 Å². The number of rotatable bonds is 6. The number of aromatic nitrogens is 4. The van der Waals surface area contributed by atoms with Crippen LogP contribution in [-0.4, -0.2) is 32.6 Å². The first-order valence-corrected chi connectivity index (χ1v) is 9.05. The molecule has 8 nitrogen and oxygen atoms in total. The first kappa shape index (κ1) is 18.0. The maximum absolute atomic E-state index is 12.2. The van der Waals surface area contributed by atoms with E-state index in [9.17, 15) is 9.59 Å². The van der Waals surface area contributed by atoms with Crippen molar-refractivity contribution >= 4 is 17.2 Å². The van der Waals surface area contributed by atoms with E-state index >= 15 is 0 Å². The van der Waals surface area contributed by atoms with Crippen molar-refractivity contribution in [2.24, 2.45) is 0 Å². The second-order valence-corrected chi connectivity index (χ2v) is 6.95. The van der Waals surface area contributed by atoms with Gasteiger partial charge in [-0.15, -0.1) is 11.3 Å². The van der Waals surface area contributed by atoms with E-state index in [-0.39, 0.29) is 5.56 Å². The van der Waals surface area contributed by atoms with Crippen LogP contribution < -0.4 is 10.9 Å². The van der Waals surface area contributed by atoms with Crippen molar-refractivity contribution in [3.63, 3.8) is 0 Å². The Labute approximate surface area is 153 Å². The molecular formula is C17H19N5O3S. The van der Waals surface area contributed by atoms with Crippen LogP contribution in [0.25, 0.3) is 11.5 Å². The zero-order valence-electron chi connectivity index (χ0n) is 14.8. The Morgan fingerprint density at radius 2 is 2.15 bits per heavy atom. The van der Waals surface area contributed by atoms with Gasteiger partial charge in [-0.1, -0.05) is 5.16 Å². The number of hydrogen-bond acceptors (Lipinski definition) is 7. The summed E-state index contributed by atoms with van der Waals surface area (Å²) in [5, 5.41) is 9.33. The minimum Gasteiger partial charge on any atom is -0.361 e. The van der Waals surface area contributed by atoms with E-state index in [1.54, 1.807) is 0 Å². The fourth-order valence-corrected chi connectivity index (χ4v) is 3.18. The number of nitrogens with zero attached hydrogens (tertiary/aromatic N) is 3. The monoisotopic (exact) mass is 373 g/mol. The molecule has 3 rings (SSSR count). The molecule has 0 aliphatic heterocycles. The fraction of sp³-hybridized carbons (Fsp3) is 0.353. The van der Waals surface area contributed by atoms with Crippen LogP contribution in [-0.2, 0) is 6.42 Å². The van der Waals surface area contributed by atoms with Gasteiger partial charge in [0.2, 0.25) is 0 Å². The minimum atomic E-state index is -0.483. The van der Waals surface area contributed by atoms with Crippen LogP contribution in [0, 0.1) is 20.8 Å². The highest BCUT2D eigenvalue weighted by molar-refractivity contribution is 7.09. The summed E-state index contributed by atoms with van der Waals surface area (Å²) in [6.07, 6.45) is 2.75. The predicted octanol–water partition coefficient (Wildman–Crippen LogP) is 2.17. The van der Waals surface area contributed by atoms with E-state index in [0.29, 0.717) is 18.1 Å². The first-order chi connectivity index (χ1) is 12.5. The SMILES string of the molecule is Cc1nc(-c2ncc(C(=O)NCCCc3c(C)noc3C)c(=O)[nH]2)cs1. The molecule has 3 heterocycles. The zero-order chi connectivity index (χ0) is 18.7. The second-order valence-electron chi connectivity index (χ2n) is 5.89. The number of carbonyl (C=O) groups is 1. The van der Waals surface area contributed by atoms with Gasteiger partial charge in [0.05, 0.1) is 10.7 Å². The summed E-state index contributed by atoms with van der Waals surface area (Å²) in [6.45, 7) is 6.07. The van der Waals surface area contributed by atoms with E-state index in [1.165, 1.54) is 17.5 Å². The predicted molar refractivity (Wildman–Crippen MR) is 97.3 cm³/mol. The number of H-pyrrole nitrogens is 1. The van der Waals surface area contributed by atoms with Gasteiger partial charge in [-0.3, -0.25) is 9.59 Å². The van der Waals surface area contributed by atoms with E-state index in [4.69, 9.17) is 4.52 Å². The second kappa shape index (κ2) is 7.61. The summed E-state index contributed by atoms with van der Waals surface area (Å²) in [4.78, 5) is 35.4. The molecule has 1 amide bonds. The molecule has 0 atom stereocenters. The van der Waals surface area contributed by atoms with Crippen molar-refractivity contribution in [1.82, 2.24) is 25.4 Å². The molecule has 0 bridgehead atoms. The molecule has 136 valence electrons. The Morgan fingerprint density at radius 3 is 2.77 bits per heavy atom. The number of carbonyl (C=O) groups excluding carboxylic acids is 1. The fourth-order valence-electron chi connectivity index (χ4n) is 2.58. The van der Waals surface area contributed by atoms with Crippen LogP contribution in [0.5, 0.6) is 0 Å². The highest BCUT2D eigenvalue weighted by Crippen LogP contribution is 2.16. The topological polar surface area (TPSA) is 114 Å². The lowest BCUT2D eigenvalue weighted by molar-refractivity contribution is 0.0951. The third-order valence-corrected chi connectivity index (χ3v) is 4.75. The molecule has 0 aliphatic rings. The van der Waals surface area contributed by atoms with Gasteiger partial charge in [-0.05, 0) is 33.6 Å². The number of nitrogens with one attached hydrogen (secondary N) is 2. The maximum atomic E-state index is 12.2. The average molecular weight is 373 g/mol. The quantitative estimate of drug-likeness (QED) is 0.640. The molecule has 26 heavy (non-hydrogen) atoms. The van der Waals surface area contributed by atoms with Gasteiger partial charge in [-0.2, -0.15) is 0 Å². The van der Waals surface area contributed by atoms with Crippen LogP contribution >= 0.6 is 11.3 Å². The summed E-state index contributed by atoms with van der Waals surface area (Å²) in [5.74, 6) is 0.704. The van der Waals surface area contributed by atoms with E-state index < -0.39 is 11.5 Å². The molecule has 2 N–H and O–H groups in total. The highest BCUT2D eigenvalue weighted by atomic mass is 32.1. The Kier molecular flexibility index (Phi) is 5.27. The van der Waals surface area contributed by atoms with E-state index in [0.717, 1.165) is 34.9 Å². The Morgan fingerprint density at radius 1 is 1.35 bits per heavy atom. The zero-order valence-corrected chi connectivity index (χ0v) is 15.6. The van der Waals surface area contributed by atoms with Crippen molar-refractivity contribution in [2.75, 3.05) is 6.54 Å². The van der Waals surface area contributed by atoms with Gasteiger partial charge in [0, 0.05) is 23.7 Å². The number of thiazole rings is 1. The van der Waals surface area contributed by atoms with Gasteiger partial charge >= 0.3 is 0 Å². The van der Waals surface area contributed by atoms with Crippen LogP contribution in [0.3, 0.4) is 0 Å². The molecule has 0 aromatic carbocycles. The van der Waals surface area contributed by atoms with E-state index in [1.807, 2.05) is 26.2 Å². The van der Waals surface area contributed by atoms with Crippen LogP contribution in [0.15, 0.2) is 20.9 Å². The van der Waals surface area contributed by atoms with Gasteiger partial charge in [-0.25, -0.2) is 9.97 Å². The number of aryl methyl sites for hydroxylation is 3. The highest BCUT2D eigenvalue weighted by Gasteiger charge is 2.14. The molecule has 0 radical (unpaired) electrons. The van der Waals surface area contributed by atoms with Crippen LogP contribution in [0.2, 0.25) is 0 Å². The molecule has 0 saturated heterocycles. The van der Waals surface area contributed by atoms with Crippen molar-refractivity contribution in [3.8, 4) is 11.5 Å². The molecular weight excluding hydrogens is 354 g/mol. The lowest BCUT2D eigenvalue weighted by Crippen LogP contribution is -2.31. The lowest BCUT2D eigenvalue weighted by Gasteiger charge is -2.05. The third kappa shape index (κ3) is 3.88. The Balaban J connectivity index is 1.59. The van der Waals surface area contributed by atoms with Crippen molar-refractivity contribution in [3.05, 3.63) is 49.5 Å². The molecule has 9 heteroatoms. The van der Waals surface area contributed by atoms with Gasteiger partial charge < -0.3 is 14.8 Å². The summed E-state index contributed by atoms with van der Waals surface area (Å²) in [6, 6.07) is 0. The minimum absolute atomic E-state index is 0.0157. The summed E-state index contributed by atoms with van der Waals surface area (Å²) >= 11 is 1.47. The molecule has 3 aromatic rings. The number of hydrogen-bond donors (Lipinski definition) is 2. The molecule has 0 aliphatic carbocycles. The lowest BCUT2D eigenvalue weighted by atomic mass is 10.1. The molecule has 0 fully saturated rings. The van der Waals surface area contributed by atoms with E-state index in [2.05, 4.69) is 25.4 Å². The summed E-state index contributed by atoms with van der Waals surface area (Å²) in [5.41, 5.74) is 2.02. The summed E-state index contributed by atoms with van der Waals surface area (Å²) in [7, 11) is 0. The van der Waals surface area contributed by atoms with Gasteiger partial charge in [0.15, 0.2) is 5.82 Å². The van der Waals surface area contributed by atoms with Gasteiger partial charge in [0.1, 0.15) is 17.0 Å².